The van der Waals surface area contributed by atoms with Gasteiger partial charge in [0.05, 0.1) is 19.3 Å². The summed E-state index contributed by atoms with van der Waals surface area (Å²) in [6.07, 6.45) is 1.75. The minimum absolute atomic E-state index is 0.0713. The van der Waals surface area contributed by atoms with E-state index < -0.39 is 0 Å². The lowest BCUT2D eigenvalue weighted by molar-refractivity contribution is 0.396. The molecule has 1 heterocycles. The summed E-state index contributed by atoms with van der Waals surface area (Å²) in [7, 11) is 3.58. The van der Waals surface area contributed by atoms with Crippen LogP contribution in [0.3, 0.4) is 0 Å². The number of nitrogens with one attached hydrogen (secondary N) is 1. The molecule has 21 heavy (non-hydrogen) atoms. The molecule has 1 unspecified atom stereocenters. The lowest BCUT2D eigenvalue weighted by atomic mass is 10.0. The van der Waals surface area contributed by atoms with Gasteiger partial charge in [0.1, 0.15) is 5.69 Å². The number of methoxy groups -OCH3 is 1. The molecule has 0 saturated carbocycles. The molecule has 0 aliphatic carbocycles. The molecule has 2 rings (SSSR count). The summed E-state index contributed by atoms with van der Waals surface area (Å²) in [6.45, 7) is 6.22. The van der Waals surface area contributed by atoms with Crippen LogP contribution in [-0.2, 0) is 0 Å². The van der Waals surface area contributed by atoms with Gasteiger partial charge in [-0.05, 0) is 45.0 Å². The lowest BCUT2D eigenvalue weighted by Gasteiger charge is -2.22. The maximum Gasteiger partial charge on any atom is 0.161 e. The first-order valence-corrected chi connectivity index (χ1v) is 7.42. The molecule has 0 aliphatic rings. The van der Waals surface area contributed by atoms with Gasteiger partial charge in [-0.15, -0.1) is 0 Å². The quantitative estimate of drug-likeness (QED) is 0.914. The molecule has 0 saturated heterocycles. The number of hydrogen-bond acceptors (Lipinski definition) is 3. The van der Waals surface area contributed by atoms with E-state index in [1.807, 2.05) is 24.7 Å². The normalized spacial score (nSPS) is 12.7. The number of rotatable bonds is 5. The molecule has 0 bridgehead atoms. The van der Waals surface area contributed by atoms with Gasteiger partial charge in [0.15, 0.2) is 5.75 Å². The van der Waals surface area contributed by atoms with Crippen LogP contribution < -0.4 is 10.1 Å². The summed E-state index contributed by atoms with van der Waals surface area (Å²) in [5.41, 5.74) is 3.15. The summed E-state index contributed by atoms with van der Waals surface area (Å²) in [5.74, 6) is 0.764. The average molecular weight is 308 g/mol. The Morgan fingerprint density at radius 3 is 2.57 bits per heavy atom. The van der Waals surface area contributed by atoms with E-state index in [4.69, 9.17) is 16.3 Å². The average Bonchev–Trinajstić information content (AvgIpc) is 2.86. The van der Waals surface area contributed by atoms with Crippen LogP contribution in [0.2, 0.25) is 5.02 Å². The van der Waals surface area contributed by atoms with Gasteiger partial charge in [0.2, 0.25) is 0 Å². The van der Waals surface area contributed by atoms with Crippen LogP contribution in [0.15, 0.2) is 24.4 Å². The second-order valence-electron chi connectivity index (χ2n) is 5.38. The third kappa shape index (κ3) is 3.06. The van der Waals surface area contributed by atoms with Crippen molar-refractivity contribution in [2.24, 2.45) is 0 Å². The zero-order chi connectivity index (χ0) is 15.6. The first kappa shape index (κ1) is 15.9. The molecule has 1 aromatic carbocycles. The molecular weight excluding hydrogens is 286 g/mol. The first-order chi connectivity index (χ1) is 9.99. The number of ether oxygens (including phenoxy) is 1. The maximum atomic E-state index is 6.44. The van der Waals surface area contributed by atoms with E-state index in [1.165, 1.54) is 0 Å². The lowest BCUT2D eigenvalue weighted by Crippen LogP contribution is -2.23. The standard InChI is InChI=1S/C16H22ClN3O/c1-10(2)20-16(14(21-5)9-19-20)15(18-4)12-7-6-11(3)8-13(12)17/h6-10,15,18H,1-5H3. The molecule has 1 atom stereocenters. The second-order valence-corrected chi connectivity index (χ2v) is 5.79. The summed E-state index contributed by atoms with van der Waals surface area (Å²) in [6, 6.07) is 6.26. The Morgan fingerprint density at radius 2 is 2.05 bits per heavy atom. The Morgan fingerprint density at radius 1 is 1.33 bits per heavy atom. The minimum atomic E-state index is -0.0713. The number of hydrogen-bond donors (Lipinski definition) is 1. The highest BCUT2D eigenvalue weighted by atomic mass is 35.5. The van der Waals surface area contributed by atoms with Crippen molar-refractivity contribution in [3.8, 4) is 5.75 Å². The Balaban J connectivity index is 2.58. The number of halogens is 1. The summed E-state index contributed by atoms with van der Waals surface area (Å²) in [5, 5.41) is 8.51. The van der Waals surface area contributed by atoms with Crippen molar-refractivity contribution in [2.45, 2.75) is 32.9 Å². The predicted octanol–water partition coefficient (Wildman–Crippen LogP) is 3.74. The van der Waals surface area contributed by atoms with E-state index in [1.54, 1.807) is 13.3 Å². The van der Waals surface area contributed by atoms with E-state index in [9.17, 15) is 0 Å². The van der Waals surface area contributed by atoms with Crippen molar-refractivity contribution >= 4 is 11.6 Å². The molecule has 2 aromatic rings. The zero-order valence-corrected chi connectivity index (χ0v) is 13.9. The Kier molecular flexibility index (Phi) is 4.91. The van der Waals surface area contributed by atoms with Crippen molar-refractivity contribution in [3.63, 3.8) is 0 Å². The monoisotopic (exact) mass is 307 g/mol. The molecule has 1 N–H and O–H groups in total. The van der Waals surface area contributed by atoms with Crippen molar-refractivity contribution in [3.05, 3.63) is 46.2 Å². The number of nitrogens with zero attached hydrogens (tertiary/aromatic N) is 2. The molecule has 0 amide bonds. The number of benzene rings is 1. The van der Waals surface area contributed by atoms with Crippen LogP contribution in [0.5, 0.6) is 5.75 Å². The Hall–Kier alpha value is -1.52. The van der Waals surface area contributed by atoms with E-state index in [-0.39, 0.29) is 12.1 Å². The SMILES string of the molecule is CNC(c1ccc(C)cc1Cl)c1c(OC)cnn1C(C)C. The summed E-state index contributed by atoms with van der Waals surface area (Å²) < 4.78 is 7.45. The number of aryl methyl sites for hydroxylation is 1. The van der Waals surface area contributed by atoms with E-state index >= 15 is 0 Å². The van der Waals surface area contributed by atoms with E-state index in [2.05, 4.69) is 36.4 Å². The highest BCUT2D eigenvalue weighted by molar-refractivity contribution is 6.31. The van der Waals surface area contributed by atoms with Gasteiger partial charge in [-0.3, -0.25) is 4.68 Å². The molecule has 4 nitrogen and oxygen atoms in total. The van der Waals surface area contributed by atoms with Crippen molar-refractivity contribution < 1.29 is 4.74 Å². The third-order valence-corrected chi connectivity index (χ3v) is 3.86. The molecule has 0 spiro atoms. The van der Waals surface area contributed by atoms with E-state index in [0.29, 0.717) is 0 Å². The molecular formula is C16H22ClN3O. The smallest absolute Gasteiger partial charge is 0.161 e. The van der Waals surface area contributed by atoms with Crippen molar-refractivity contribution in [1.82, 2.24) is 15.1 Å². The van der Waals surface area contributed by atoms with Crippen LogP contribution in [0.25, 0.3) is 0 Å². The number of aromatic nitrogens is 2. The van der Waals surface area contributed by atoms with Crippen LogP contribution >= 0.6 is 11.6 Å². The minimum Gasteiger partial charge on any atom is -0.493 e. The molecule has 0 radical (unpaired) electrons. The fourth-order valence-corrected chi connectivity index (χ4v) is 2.85. The molecule has 0 aliphatic heterocycles. The topological polar surface area (TPSA) is 39.1 Å². The third-order valence-electron chi connectivity index (χ3n) is 3.54. The highest BCUT2D eigenvalue weighted by Crippen LogP contribution is 2.35. The van der Waals surface area contributed by atoms with Gasteiger partial charge in [-0.25, -0.2) is 0 Å². The van der Waals surface area contributed by atoms with Crippen molar-refractivity contribution in [1.29, 1.82) is 0 Å². The molecule has 5 heteroatoms. The first-order valence-electron chi connectivity index (χ1n) is 7.04. The maximum absolute atomic E-state index is 6.44. The van der Waals surface area contributed by atoms with E-state index in [0.717, 1.165) is 27.6 Å². The van der Waals surface area contributed by atoms with Crippen LogP contribution in [0, 0.1) is 6.92 Å². The van der Waals surface area contributed by atoms with Crippen LogP contribution in [0.1, 0.15) is 42.8 Å². The molecule has 114 valence electrons. The van der Waals surface area contributed by atoms with Gasteiger partial charge in [0, 0.05) is 11.1 Å². The molecule has 1 aromatic heterocycles. The fraction of sp³-hybridized carbons (Fsp3) is 0.438. The van der Waals surface area contributed by atoms with Gasteiger partial charge >= 0.3 is 0 Å². The molecule has 0 fully saturated rings. The second kappa shape index (κ2) is 6.50. The Labute approximate surface area is 131 Å². The summed E-state index contributed by atoms with van der Waals surface area (Å²) >= 11 is 6.44. The Bertz CT molecular complexity index is 622. The zero-order valence-electron chi connectivity index (χ0n) is 13.1. The van der Waals surface area contributed by atoms with Crippen molar-refractivity contribution in [2.75, 3.05) is 14.2 Å². The van der Waals surface area contributed by atoms with Gasteiger partial charge < -0.3 is 10.1 Å². The van der Waals surface area contributed by atoms with Crippen LogP contribution in [-0.4, -0.2) is 23.9 Å². The van der Waals surface area contributed by atoms with Gasteiger partial charge in [0.25, 0.3) is 0 Å². The highest BCUT2D eigenvalue weighted by Gasteiger charge is 2.25. The van der Waals surface area contributed by atoms with Gasteiger partial charge in [-0.1, -0.05) is 23.7 Å². The predicted molar refractivity (Wildman–Crippen MR) is 86.3 cm³/mol. The fourth-order valence-electron chi connectivity index (χ4n) is 2.50. The van der Waals surface area contributed by atoms with Crippen LogP contribution in [0.4, 0.5) is 0 Å². The largest absolute Gasteiger partial charge is 0.493 e. The summed E-state index contributed by atoms with van der Waals surface area (Å²) in [4.78, 5) is 0. The van der Waals surface area contributed by atoms with Gasteiger partial charge in [-0.2, -0.15) is 5.10 Å².